The minimum Gasteiger partial charge on any atom is -0.480 e. The predicted octanol–water partition coefficient (Wildman–Crippen LogP) is 1.14. The van der Waals surface area contributed by atoms with Crippen LogP contribution in [-0.4, -0.2) is 38.3 Å². The number of anilines is 1. The average molecular weight is 269 g/mol. The number of carboxylic acids is 1. The molecule has 0 heterocycles. The van der Waals surface area contributed by atoms with Gasteiger partial charge in [-0.2, -0.15) is 0 Å². The number of hydrogen-bond acceptors (Lipinski definition) is 4. The fraction of sp³-hybridized carbons (Fsp3) is 0.417. The zero-order chi connectivity index (χ0) is 13.3. The van der Waals surface area contributed by atoms with Crippen LogP contribution in [-0.2, 0) is 14.6 Å². The minimum absolute atomic E-state index is 0.0527. The van der Waals surface area contributed by atoms with Gasteiger partial charge in [-0.3, -0.25) is 4.79 Å². The minimum atomic E-state index is -3.21. The first kappa shape index (κ1) is 12.9. The molecule has 0 bridgehead atoms. The monoisotopic (exact) mass is 269 g/mol. The Morgan fingerprint density at radius 2 is 1.89 bits per heavy atom. The Hall–Kier alpha value is -1.56. The molecule has 0 unspecified atom stereocenters. The lowest BCUT2D eigenvalue weighted by Crippen LogP contribution is -2.31. The summed E-state index contributed by atoms with van der Waals surface area (Å²) in [4.78, 5) is 12.9. The van der Waals surface area contributed by atoms with Crippen LogP contribution in [0, 0.1) is 0 Å². The number of aliphatic carboxylic acids is 1. The molecule has 0 aromatic heterocycles. The molecular formula is C12H15NO4S. The second-order valence-electron chi connectivity index (χ2n) is 4.52. The van der Waals surface area contributed by atoms with Crippen LogP contribution in [0.15, 0.2) is 29.2 Å². The molecule has 1 N–H and O–H groups in total. The van der Waals surface area contributed by atoms with Gasteiger partial charge in [-0.1, -0.05) is 0 Å². The maximum absolute atomic E-state index is 11.3. The SMILES string of the molecule is CS(=O)(=O)c1ccc(N(CC(=O)O)C2CC2)cc1. The summed E-state index contributed by atoms with van der Waals surface area (Å²) in [6.07, 6.45) is 3.13. The van der Waals surface area contributed by atoms with E-state index in [1.807, 2.05) is 0 Å². The number of nitrogens with zero attached hydrogens (tertiary/aromatic N) is 1. The number of carbonyl (C=O) groups is 1. The molecule has 1 fully saturated rings. The van der Waals surface area contributed by atoms with Crippen LogP contribution in [0.1, 0.15) is 12.8 Å². The summed E-state index contributed by atoms with van der Waals surface area (Å²) in [5, 5.41) is 8.87. The molecule has 1 aromatic carbocycles. The quantitative estimate of drug-likeness (QED) is 0.867. The first-order valence-corrected chi connectivity index (χ1v) is 7.55. The van der Waals surface area contributed by atoms with Crippen LogP contribution in [0.2, 0.25) is 0 Å². The second-order valence-corrected chi connectivity index (χ2v) is 6.53. The lowest BCUT2D eigenvalue weighted by molar-refractivity contribution is -0.135. The molecule has 0 spiro atoms. The van der Waals surface area contributed by atoms with Crippen molar-refractivity contribution in [3.05, 3.63) is 24.3 Å². The molecule has 1 aliphatic rings. The molecule has 0 aliphatic heterocycles. The van der Waals surface area contributed by atoms with Gasteiger partial charge in [-0.15, -0.1) is 0 Å². The molecule has 5 nitrogen and oxygen atoms in total. The summed E-state index contributed by atoms with van der Waals surface area (Å²) >= 11 is 0. The fourth-order valence-electron chi connectivity index (χ4n) is 1.85. The molecule has 0 amide bonds. The van der Waals surface area contributed by atoms with Crippen LogP contribution in [0.3, 0.4) is 0 Å². The molecule has 6 heteroatoms. The highest BCUT2D eigenvalue weighted by Crippen LogP contribution is 2.31. The molecule has 0 saturated heterocycles. The van der Waals surface area contributed by atoms with Gasteiger partial charge in [0, 0.05) is 18.0 Å². The van der Waals surface area contributed by atoms with E-state index in [-0.39, 0.29) is 17.5 Å². The Morgan fingerprint density at radius 3 is 2.28 bits per heavy atom. The van der Waals surface area contributed by atoms with E-state index in [1.165, 1.54) is 12.1 Å². The smallest absolute Gasteiger partial charge is 0.323 e. The molecule has 18 heavy (non-hydrogen) atoms. The van der Waals surface area contributed by atoms with E-state index in [4.69, 9.17) is 5.11 Å². The van der Waals surface area contributed by atoms with Crippen LogP contribution in [0.4, 0.5) is 5.69 Å². The van der Waals surface area contributed by atoms with E-state index >= 15 is 0 Å². The van der Waals surface area contributed by atoms with Gasteiger partial charge in [0.15, 0.2) is 9.84 Å². The summed E-state index contributed by atoms with van der Waals surface area (Å²) in [5.74, 6) is -0.880. The highest BCUT2D eigenvalue weighted by atomic mass is 32.2. The number of hydrogen-bond donors (Lipinski definition) is 1. The van der Waals surface area contributed by atoms with Crippen LogP contribution in [0.25, 0.3) is 0 Å². The van der Waals surface area contributed by atoms with Crippen molar-refractivity contribution in [2.75, 3.05) is 17.7 Å². The molecule has 0 radical (unpaired) electrons. The third-order valence-corrected chi connectivity index (χ3v) is 4.02. The number of sulfone groups is 1. The van der Waals surface area contributed by atoms with Gasteiger partial charge in [0.25, 0.3) is 0 Å². The average Bonchev–Trinajstić information content (AvgIpc) is 3.08. The maximum Gasteiger partial charge on any atom is 0.323 e. The van der Waals surface area contributed by atoms with Gasteiger partial charge in [0.2, 0.25) is 0 Å². The Labute approximate surface area is 106 Å². The summed E-state index contributed by atoms with van der Waals surface area (Å²) in [6, 6.07) is 6.63. The molecule has 1 aliphatic carbocycles. The van der Waals surface area contributed by atoms with Crippen molar-refractivity contribution >= 4 is 21.5 Å². The molecule has 1 aromatic rings. The predicted molar refractivity (Wildman–Crippen MR) is 67.6 cm³/mol. The summed E-state index contributed by atoms with van der Waals surface area (Å²) in [7, 11) is -3.21. The molecule has 2 rings (SSSR count). The fourth-order valence-corrected chi connectivity index (χ4v) is 2.48. The first-order valence-electron chi connectivity index (χ1n) is 5.66. The van der Waals surface area contributed by atoms with E-state index in [2.05, 4.69) is 0 Å². The third-order valence-electron chi connectivity index (χ3n) is 2.89. The zero-order valence-electron chi connectivity index (χ0n) is 10.0. The molecule has 0 atom stereocenters. The summed E-state index contributed by atoms with van der Waals surface area (Å²) < 4.78 is 22.7. The van der Waals surface area contributed by atoms with E-state index in [0.29, 0.717) is 0 Å². The standard InChI is InChI=1S/C12H15NO4S/c1-18(16,17)11-6-4-10(5-7-11)13(8-12(14)15)9-2-3-9/h4-7,9H,2-3,8H2,1H3,(H,14,15). The van der Waals surface area contributed by atoms with Gasteiger partial charge in [-0.25, -0.2) is 8.42 Å². The second kappa shape index (κ2) is 4.61. The van der Waals surface area contributed by atoms with Crippen molar-refractivity contribution in [1.82, 2.24) is 0 Å². The van der Waals surface area contributed by atoms with Gasteiger partial charge < -0.3 is 10.0 Å². The molecular weight excluding hydrogens is 254 g/mol. The van der Waals surface area contributed by atoms with Gasteiger partial charge in [-0.05, 0) is 37.1 Å². The Bertz CT molecular complexity index is 546. The van der Waals surface area contributed by atoms with Gasteiger partial charge >= 0.3 is 5.97 Å². The van der Waals surface area contributed by atoms with Crippen molar-refractivity contribution in [3.63, 3.8) is 0 Å². The maximum atomic E-state index is 11.3. The Morgan fingerprint density at radius 1 is 1.33 bits per heavy atom. The number of benzene rings is 1. The van der Waals surface area contributed by atoms with E-state index in [0.717, 1.165) is 24.8 Å². The van der Waals surface area contributed by atoms with Crippen LogP contribution in [0.5, 0.6) is 0 Å². The van der Waals surface area contributed by atoms with Crippen molar-refractivity contribution in [1.29, 1.82) is 0 Å². The molecule has 98 valence electrons. The third kappa shape index (κ3) is 3.01. The summed E-state index contributed by atoms with van der Waals surface area (Å²) in [6.45, 7) is -0.0527. The summed E-state index contributed by atoms with van der Waals surface area (Å²) in [5.41, 5.74) is 0.757. The van der Waals surface area contributed by atoms with Crippen molar-refractivity contribution in [2.45, 2.75) is 23.8 Å². The largest absolute Gasteiger partial charge is 0.480 e. The van der Waals surface area contributed by atoms with E-state index in [9.17, 15) is 13.2 Å². The topological polar surface area (TPSA) is 74.7 Å². The van der Waals surface area contributed by atoms with Gasteiger partial charge in [0.1, 0.15) is 6.54 Å². The number of rotatable bonds is 5. The van der Waals surface area contributed by atoms with Crippen molar-refractivity contribution in [2.24, 2.45) is 0 Å². The Kier molecular flexibility index (Phi) is 3.30. The Balaban J connectivity index is 2.24. The van der Waals surface area contributed by atoms with E-state index in [1.54, 1.807) is 17.0 Å². The molecule has 1 saturated carbocycles. The lowest BCUT2D eigenvalue weighted by atomic mass is 10.3. The van der Waals surface area contributed by atoms with Crippen LogP contribution < -0.4 is 4.90 Å². The lowest BCUT2D eigenvalue weighted by Gasteiger charge is -2.22. The van der Waals surface area contributed by atoms with Crippen molar-refractivity contribution in [3.8, 4) is 0 Å². The highest BCUT2D eigenvalue weighted by molar-refractivity contribution is 7.90. The first-order chi connectivity index (χ1) is 8.38. The van der Waals surface area contributed by atoms with Gasteiger partial charge in [0.05, 0.1) is 4.90 Å². The number of carboxylic acid groups (broad SMARTS) is 1. The van der Waals surface area contributed by atoms with E-state index < -0.39 is 15.8 Å². The zero-order valence-corrected chi connectivity index (χ0v) is 10.9. The van der Waals surface area contributed by atoms with Crippen LogP contribution >= 0.6 is 0 Å². The highest BCUT2D eigenvalue weighted by Gasteiger charge is 2.30. The van der Waals surface area contributed by atoms with Crippen molar-refractivity contribution < 1.29 is 18.3 Å². The normalized spacial score (nSPS) is 15.4.